The summed E-state index contributed by atoms with van der Waals surface area (Å²) in [5.74, 6) is 1.96. The van der Waals surface area contributed by atoms with Crippen LogP contribution in [0.1, 0.15) is 19.3 Å². The maximum Gasteiger partial charge on any atom is 0.226 e. The molecule has 1 aliphatic carbocycles. The summed E-state index contributed by atoms with van der Waals surface area (Å²) in [7, 11) is -0.687. The number of amides is 1. The Labute approximate surface area is 105 Å². The standard InChI is InChI=1S/C12H20N2O2S/c15-11(14-5-7-17(16)8-6-14)10-9-12(10)1-3-13-4-2-12/h10,13H,1-9H2. The SMILES string of the molecule is O=C(C1CC12CCNCC2)N1CCS(=O)CC1. The topological polar surface area (TPSA) is 49.4 Å². The lowest BCUT2D eigenvalue weighted by Crippen LogP contribution is -2.43. The van der Waals surface area contributed by atoms with E-state index in [-0.39, 0.29) is 5.92 Å². The number of hydrogen-bond acceptors (Lipinski definition) is 3. The van der Waals surface area contributed by atoms with Crippen molar-refractivity contribution in [3.05, 3.63) is 0 Å². The number of carbonyl (C=O) groups excluding carboxylic acids is 1. The van der Waals surface area contributed by atoms with Crippen molar-refractivity contribution < 1.29 is 9.00 Å². The molecule has 2 aliphatic heterocycles. The van der Waals surface area contributed by atoms with Gasteiger partial charge in [-0.15, -0.1) is 0 Å². The molecule has 3 fully saturated rings. The van der Waals surface area contributed by atoms with Crippen molar-refractivity contribution >= 4 is 16.7 Å². The van der Waals surface area contributed by atoms with Gasteiger partial charge in [-0.05, 0) is 37.8 Å². The zero-order valence-corrected chi connectivity index (χ0v) is 10.9. The highest BCUT2D eigenvalue weighted by Crippen LogP contribution is 2.59. The third kappa shape index (κ3) is 2.15. The van der Waals surface area contributed by atoms with Gasteiger partial charge in [0.1, 0.15) is 0 Å². The molecule has 2 saturated heterocycles. The van der Waals surface area contributed by atoms with Gasteiger partial charge in [0.2, 0.25) is 5.91 Å². The molecule has 0 aromatic rings. The van der Waals surface area contributed by atoms with Crippen LogP contribution in [-0.4, -0.2) is 52.7 Å². The zero-order chi connectivity index (χ0) is 11.9. The average molecular weight is 256 g/mol. The normalized spacial score (nSPS) is 32.7. The summed E-state index contributed by atoms with van der Waals surface area (Å²) in [6.07, 6.45) is 3.40. The van der Waals surface area contributed by atoms with Crippen LogP contribution in [0.25, 0.3) is 0 Å². The van der Waals surface area contributed by atoms with Gasteiger partial charge in [0.15, 0.2) is 0 Å². The molecule has 0 aromatic heterocycles. The van der Waals surface area contributed by atoms with Crippen molar-refractivity contribution in [3.8, 4) is 0 Å². The number of rotatable bonds is 1. The van der Waals surface area contributed by atoms with Crippen molar-refractivity contribution in [2.75, 3.05) is 37.7 Å². The molecule has 96 valence electrons. The van der Waals surface area contributed by atoms with Crippen LogP contribution in [0.5, 0.6) is 0 Å². The Morgan fingerprint density at radius 1 is 1.24 bits per heavy atom. The number of nitrogens with zero attached hydrogens (tertiary/aromatic N) is 1. The van der Waals surface area contributed by atoms with Crippen LogP contribution in [-0.2, 0) is 15.6 Å². The molecule has 3 rings (SSSR count). The number of piperidine rings is 1. The molecule has 4 nitrogen and oxygen atoms in total. The molecule has 1 saturated carbocycles. The second-order valence-corrected chi connectivity index (χ2v) is 7.24. The number of hydrogen-bond donors (Lipinski definition) is 1. The lowest BCUT2D eigenvalue weighted by atomic mass is 9.91. The Kier molecular flexibility index (Phi) is 2.99. The highest BCUT2D eigenvalue weighted by Gasteiger charge is 2.58. The van der Waals surface area contributed by atoms with Gasteiger partial charge in [0.25, 0.3) is 0 Å². The van der Waals surface area contributed by atoms with Gasteiger partial charge in [-0.25, -0.2) is 0 Å². The fraction of sp³-hybridized carbons (Fsp3) is 0.917. The highest BCUT2D eigenvalue weighted by atomic mass is 32.2. The predicted octanol–water partition coefficient (Wildman–Crippen LogP) is -0.0330. The summed E-state index contributed by atoms with van der Waals surface area (Å²) < 4.78 is 11.3. The number of nitrogens with one attached hydrogen (secondary N) is 1. The maximum absolute atomic E-state index is 12.3. The van der Waals surface area contributed by atoms with E-state index >= 15 is 0 Å². The average Bonchev–Trinajstić information content (AvgIpc) is 3.04. The Balaban J connectivity index is 1.59. The Bertz CT molecular complexity index is 342. The minimum absolute atomic E-state index is 0.274. The summed E-state index contributed by atoms with van der Waals surface area (Å²) in [5, 5.41) is 3.36. The first-order valence-electron chi connectivity index (χ1n) is 6.56. The van der Waals surface area contributed by atoms with Gasteiger partial charge in [-0.2, -0.15) is 0 Å². The van der Waals surface area contributed by atoms with Crippen LogP contribution in [0.4, 0.5) is 0 Å². The molecule has 0 radical (unpaired) electrons. The molecule has 1 spiro atoms. The quantitative estimate of drug-likeness (QED) is 0.716. The molecule has 3 aliphatic rings. The Morgan fingerprint density at radius 3 is 2.53 bits per heavy atom. The summed E-state index contributed by atoms with van der Waals surface area (Å²) in [6.45, 7) is 3.54. The van der Waals surface area contributed by atoms with Gasteiger partial charge in [-0.1, -0.05) is 0 Å². The summed E-state index contributed by atoms with van der Waals surface area (Å²) in [4.78, 5) is 14.3. The van der Waals surface area contributed by atoms with Crippen LogP contribution in [0.2, 0.25) is 0 Å². The Hall–Kier alpha value is -0.420. The highest BCUT2D eigenvalue weighted by molar-refractivity contribution is 7.85. The van der Waals surface area contributed by atoms with Gasteiger partial charge < -0.3 is 10.2 Å². The van der Waals surface area contributed by atoms with Crippen molar-refractivity contribution in [1.29, 1.82) is 0 Å². The van der Waals surface area contributed by atoms with E-state index in [4.69, 9.17) is 0 Å². The second-order valence-electron chi connectivity index (χ2n) is 5.54. The first kappa shape index (κ1) is 11.7. The molecule has 1 atom stereocenters. The van der Waals surface area contributed by atoms with Crippen LogP contribution in [0, 0.1) is 11.3 Å². The molecular weight excluding hydrogens is 236 g/mol. The van der Waals surface area contributed by atoms with E-state index in [1.165, 1.54) is 0 Å². The molecule has 1 unspecified atom stereocenters. The lowest BCUT2D eigenvalue weighted by molar-refractivity contribution is -0.133. The largest absolute Gasteiger partial charge is 0.341 e. The van der Waals surface area contributed by atoms with Crippen molar-refractivity contribution in [1.82, 2.24) is 10.2 Å². The van der Waals surface area contributed by atoms with Crippen molar-refractivity contribution in [2.45, 2.75) is 19.3 Å². The first-order valence-corrected chi connectivity index (χ1v) is 8.05. The van der Waals surface area contributed by atoms with Crippen molar-refractivity contribution in [2.24, 2.45) is 11.3 Å². The fourth-order valence-corrected chi connectivity index (χ4v) is 4.30. The van der Waals surface area contributed by atoms with E-state index in [1.807, 2.05) is 4.90 Å². The third-order valence-corrected chi connectivity index (χ3v) is 5.85. The van der Waals surface area contributed by atoms with E-state index in [0.29, 0.717) is 35.9 Å². The minimum Gasteiger partial charge on any atom is -0.341 e. The van der Waals surface area contributed by atoms with Crippen LogP contribution in [0.15, 0.2) is 0 Å². The summed E-state index contributed by atoms with van der Waals surface area (Å²) >= 11 is 0. The predicted molar refractivity (Wildman–Crippen MR) is 67.1 cm³/mol. The van der Waals surface area contributed by atoms with E-state index in [0.717, 1.165) is 32.4 Å². The lowest BCUT2D eigenvalue weighted by Gasteiger charge is -2.29. The van der Waals surface area contributed by atoms with E-state index in [2.05, 4.69) is 5.32 Å². The van der Waals surface area contributed by atoms with Crippen LogP contribution in [0.3, 0.4) is 0 Å². The molecule has 17 heavy (non-hydrogen) atoms. The van der Waals surface area contributed by atoms with Crippen LogP contribution < -0.4 is 5.32 Å². The molecule has 0 bridgehead atoms. The molecular formula is C12H20N2O2S. The van der Waals surface area contributed by atoms with Gasteiger partial charge in [0.05, 0.1) is 0 Å². The molecule has 5 heteroatoms. The maximum atomic E-state index is 12.3. The van der Waals surface area contributed by atoms with Gasteiger partial charge in [0, 0.05) is 41.3 Å². The van der Waals surface area contributed by atoms with Gasteiger partial charge in [-0.3, -0.25) is 9.00 Å². The van der Waals surface area contributed by atoms with Gasteiger partial charge >= 0.3 is 0 Å². The zero-order valence-electron chi connectivity index (χ0n) is 10.1. The third-order valence-electron chi connectivity index (χ3n) is 4.58. The fourth-order valence-electron chi connectivity index (χ4n) is 3.25. The number of carbonyl (C=O) groups is 1. The van der Waals surface area contributed by atoms with E-state index < -0.39 is 10.8 Å². The molecule has 1 N–H and O–H groups in total. The van der Waals surface area contributed by atoms with Crippen LogP contribution >= 0.6 is 0 Å². The molecule has 2 heterocycles. The first-order chi connectivity index (χ1) is 8.21. The monoisotopic (exact) mass is 256 g/mol. The summed E-state index contributed by atoms with van der Waals surface area (Å²) in [6, 6.07) is 0. The summed E-state index contributed by atoms with van der Waals surface area (Å²) in [5.41, 5.74) is 0.332. The Morgan fingerprint density at radius 2 is 1.88 bits per heavy atom. The van der Waals surface area contributed by atoms with Crippen molar-refractivity contribution in [3.63, 3.8) is 0 Å². The van der Waals surface area contributed by atoms with E-state index in [9.17, 15) is 9.00 Å². The smallest absolute Gasteiger partial charge is 0.226 e. The minimum atomic E-state index is -0.687. The molecule has 1 amide bonds. The van der Waals surface area contributed by atoms with E-state index in [1.54, 1.807) is 0 Å². The molecule has 0 aromatic carbocycles. The second kappa shape index (κ2) is 4.35.